The summed E-state index contributed by atoms with van der Waals surface area (Å²) in [6.45, 7) is 6.03. The third-order valence-corrected chi connectivity index (χ3v) is 3.63. The van der Waals surface area contributed by atoms with E-state index >= 15 is 0 Å². The fraction of sp³-hybridized carbons (Fsp3) is 0.714. The van der Waals surface area contributed by atoms with Gasteiger partial charge in [-0.3, -0.25) is 10.1 Å². The van der Waals surface area contributed by atoms with Crippen molar-refractivity contribution in [1.82, 2.24) is 20.5 Å². The lowest BCUT2D eigenvalue weighted by Crippen LogP contribution is -2.32. The summed E-state index contributed by atoms with van der Waals surface area (Å²) in [7, 11) is 0. The van der Waals surface area contributed by atoms with Crippen LogP contribution >= 0.6 is 0 Å². The Labute approximate surface area is 119 Å². The predicted octanol–water partition coefficient (Wildman–Crippen LogP) is 1.32. The van der Waals surface area contributed by atoms with E-state index < -0.39 is 0 Å². The summed E-state index contributed by atoms with van der Waals surface area (Å²) in [5, 5.41) is 14.2. The molecule has 6 heteroatoms. The zero-order valence-corrected chi connectivity index (χ0v) is 12.3. The largest absolute Gasteiger partial charge is 0.316 e. The van der Waals surface area contributed by atoms with Gasteiger partial charge in [-0.2, -0.15) is 0 Å². The van der Waals surface area contributed by atoms with Gasteiger partial charge in [0.15, 0.2) is 0 Å². The average molecular weight is 277 g/mol. The highest BCUT2D eigenvalue weighted by Crippen LogP contribution is 2.15. The molecular formula is C14H23N5O. The number of aromatic nitrogens is 3. The van der Waals surface area contributed by atoms with E-state index in [2.05, 4.69) is 25.8 Å². The fourth-order valence-corrected chi connectivity index (χ4v) is 2.53. The Morgan fingerprint density at radius 2 is 2.10 bits per heavy atom. The minimum atomic E-state index is -0.0215. The first-order valence-corrected chi connectivity index (χ1v) is 7.46. The molecule has 110 valence electrons. The molecule has 0 aromatic carbocycles. The summed E-state index contributed by atoms with van der Waals surface area (Å²) in [4.78, 5) is 16.4. The Morgan fingerprint density at radius 3 is 2.75 bits per heavy atom. The molecule has 2 rings (SSSR count). The zero-order valence-electron chi connectivity index (χ0n) is 12.3. The van der Waals surface area contributed by atoms with Crippen LogP contribution in [0.4, 0.5) is 5.95 Å². The van der Waals surface area contributed by atoms with E-state index in [-0.39, 0.29) is 5.91 Å². The monoisotopic (exact) mass is 277 g/mol. The third kappa shape index (κ3) is 3.96. The van der Waals surface area contributed by atoms with E-state index in [1.165, 1.54) is 0 Å². The first-order chi connectivity index (χ1) is 9.72. The van der Waals surface area contributed by atoms with Gasteiger partial charge < -0.3 is 5.32 Å². The first kappa shape index (κ1) is 14.8. The van der Waals surface area contributed by atoms with Crippen LogP contribution in [-0.2, 0) is 17.6 Å². The Morgan fingerprint density at radius 1 is 1.30 bits per heavy atom. The number of nitrogens with one attached hydrogen (secondary N) is 2. The van der Waals surface area contributed by atoms with Gasteiger partial charge in [-0.05, 0) is 44.7 Å². The molecule has 0 saturated carbocycles. The second-order valence-corrected chi connectivity index (χ2v) is 5.20. The summed E-state index contributed by atoms with van der Waals surface area (Å²) < 4.78 is 0. The number of carbonyl (C=O) groups is 1. The Hall–Kier alpha value is -1.56. The van der Waals surface area contributed by atoms with Crippen LogP contribution in [0.1, 0.15) is 44.5 Å². The Balaban J connectivity index is 1.93. The molecule has 1 fully saturated rings. The van der Waals surface area contributed by atoms with E-state index in [9.17, 15) is 4.79 Å². The molecule has 1 atom stereocenters. The number of carbonyl (C=O) groups excluding carboxylic acids is 1. The molecule has 0 aliphatic carbocycles. The third-order valence-electron chi connectivity index (χ3n) is 3.63. The van der Waals surface area contributed by atoms with Crippen molar-refractivity contribution >= 4 is 11.9 Å². The highest BCUT2D eigenvalue weighted by atomic mass is 16.1. The summed E-state index contributed by atoms with van der Waals surface area (Å²) >= 11 is 0. The van der Waals surface area contributed by atoms with Gasteiger partial charge in [0.05, 0.1) is 11.4 Å². The summed E-state index contributed by atoms with van der Waals surface area (Å²) in [6, 6.07) is 0. The van der Waals surface area contributed by atoms with Crippen LogP contribution in [0.3, 0.4) is 0 Å². The van der Waals surface area contributed by atoms with Crippen LogP contribution in [0.15, 0.2) is 0 Å². The molecule has 1 amide bonds. The fourth-order valence-electron chi connectivity index (χ4n) is 2.53. The summed E-state index contributed by atoms with van der Waals surface area (Å²) in [6.07, 6.45) is 4.38. The molecular weight excluding hydrogens is 254 g/mol. The van der Waals surface area contributed by atoms with Crippen molar-refractivity contribution in [2.24, 2.45) is 5.92 Å². The Kier molecular flexibility index (Phi) is 5.40. The van der Waals surface area contributed by atoms with E-state index in [0.29, 0.717) is 18.3 Å². The Bertz CT molecular complexity index is 457. The van der Waals surface area contributed by atoms with Crippen LogP contribution in [0.25, 0.3) is 0 Å². The van der Waals surface area contributed by atoms with Gasteiger partial charge in [-0.15, -0.1) is 10.2 Å². The molecule has 0 bridgehead atoms. The van der Waals surface area contributed by atoms with E-state index in [4.69, 9.17) is 0 Å². The highest BCUT2D eigenvalue weighted by molar-refractivity contribution is 5.89. The molecule has 0 radical (unpaired) electrons. The molecule has 2 N–H and O–H groups in total. The summed E-state index contributed by atoms with van der Waals surface area (Å²) in [5.41, 5.74) is 1.82. The normalized spacial score (nSPS) is 18.8. The number of rotatable bonds is 5. The molecule has 0 spiro atoms. The van der Waals surface area contributed by atoms with Gasteiger partial charge in [0.1, 0.15) is 0 Å². The maximum absolute atomic E-state index is 12.0. The SMILES string of the molecule is CCc1nnc(NC(=O)CC2CCCNC2)nc1CC. The van der Waals surface area contributed by atoms with Gasteiger partial charge in [0.2, 0.25) is 11.9 Å². The molecule has 1 aliphatic rings. The number of anilines is 1. The van der Waals surface area contributed by atoms with Gasteiger partial charge in [-0.1, -0.05) is 13.8 Å². The quantitative estimate of drug-likeness (QED) is 0.848. The predicted molar refractivity (Wildman–Crippen MR) is 77.4 cm³/mol. The van der Waals surface area contributed by atoms with Crippen LogP contribution in [-0.4, -0.2) is 34.2 Å². The molecule has 2 heterocycles. The molecule has 1 saturated heterocycles. The van der Waals surface area contributed by atoms with Crippen LogP contribution in [0.5, 0.6) is 0 Å². The smallest absolute Gasteiger partial charge is 0.249 e. The van der Waals surface area contributed by atoms with Crippen LogP contribution in [0.2, 0.25) is 0 Å². The first-order valence-electron chi connectivity index (χ1n) is 7.46. The van der Waals surface area contributed by atoms with Crippen molar-refractivity contribution in [3.63, 3.8) is 0 Å². The summed E-state index contributed by atoms with van der Waals surface area (Å²) in [5.74, 6) is 0.719. The van der Waals surface area contributed by atoms with E-state index in [1.807, 2.05) is 13.8 Å². The van der Waals surface area contributed by atoms with Gasteiger partial charge >= 0.3 is 0 Å². The zero-order chi connectivity index (χ0) is 14.4. The minimum absolute atomic E-state index is 0.0215. The lowest BCUT2D eigenvalue weighted by atomic mass is 9.96. The second kappa shape index (κ2) is 7.28. The number of nitrogens with zero attached hydrogens (tertiary/aromatic N) is 3. The van der Waals surface area contributed by atoms with Gasteiger partial charge in [-0.25, -0.2) is 4.98 Å². The maximum Gasteiger partial charge on any atom is 0.249 e. The van der Waals surface area contributed by atoms with Crippen molar-refractivity contribution in [2.45, 2.75) is 46.0 Å². The van der Waals surface area contributed by atoms with Crippen LogP contribution < -0.4 is 10.6 Å². The molecule has 1 aromatic heterocycles. The van der Waals surface area contributed by atoms with Gasteiger partial charge in [0.25, 0.3) is 0 Å². The van der Waals surface area contributed by atoms with Gasteiger partial charge in [0, 0.05) is 6.42 Å². The molecule has 6 nitrogen and oxygen atoms in total. The average Bonchev–Trinajstić information content (AvgIpc) is 2.48. The molecule has 1 unspecified atom stereocenters. The van der Waals surface area contributed by atoms with E-state index in [1.54, 1.807) is 0 Å². The number of hydrogen-bond donors (Lipinski definition) is 2. The van der Waals surface area contributed by atoms with Crippen molar-refractivity contribution in [1.29, 1.82) is 0 Å². The van der Waals surface area contributed by atoms with E-state index in [0.717, 1.165) is 50.2 Å². The lowest BCUT2D eigenvalue weighted by molar-refractivity contribution is -0.117. The van der Waals surface area contributed by atoms with Crippen LogP contribution in [0, 0.1) is 5.92 Å². The number of hydrogen-bond acceptors (Lipinski definition) is 5. The highest BCUT2D eigenvalue weighted by Gasteiger charge is 2.17. The number of amides is 1. The van der Waals surface area contributed by atoms with Crippen molar-refractivity contribution in [3.05, 3.63) is 11.4 Å². The maximum atomic E-state index is 12.0. The second-order valence-electron chi connectivity index (χ2n) is 5.20. The molecule has 1 aromatic rings. The van der Waals surface area contributed by atoms with Crippen molar-refractivity contribution in [3.8, 4) is 0 Å². The number of piperidine rings is 1. The lowest BCUT2D eigenvalue weighted by Gasteiger charge is -2.21. The van der Waals surface area contributed by atoms with Crippen molar-refractivity contribution in [2.75, 3.05) is 18.4 Å². The molecule has 20 heavy (non-hydrogen) atoms. The molecule has 1 aliphatic heterocycles. The standard InChI is InChI=1S/C14H23N5O/c1-3-11-12(4-2)18-19-14(16-11)17-13(20)8-10-6-5-7-15-9-10/h10,15H,3-9H2,1-2H3,(H,16,17,19,20). The van der Waals surface area contributed by atoms with Crippen molar-refractivity contribution < 1.29 is 4.79 Å². The topological polar surface area (TPSA) is 79.8 Å². The minimum Gasteiger partial charge on any atom is -0.316 e. The number of aryl methyl sites for hydroxylation is 2.